The summed E-state index contributed by atoms with van der Waals surface area (Å²) in [7, 11) is 2.89. The summed E-state index contributed by atoms with van der Waals surface area (Å²) in [4.78, 5) is 23.5. The number of hydrogen-bond donors (Lipinski definition) is 2. The summed E-state index contributed by atoms with van der Waals surface area (Å²) in [6.07, 6.45) is 0. The molecular formula is C18H20N2O5. The first-order valence-electron chi connectivity index (χ1n) is 7.57. The van der Waals surface area contributed by atoms with Gasteiger partial charge in [-0.3, -0.25) is 9.59 Å². The third-order valence-electron chi connectivity index (χ3n) is 3.09. The number of ether oxygens (including phenoxy) is 3. The molecule has 7 nitrogen and oxygen atoms in total. The van der Waals surface area contributed by atoms with Crippen LogP contribution in [0.25, 0.3) is 0 Å². The minimum atomic E-state index is -0.291. The molecule has 0 radical (unpaired) electrons. The van der Waals surface area contributed by atoms with Crippen LogP contribution in [0.3, 0.4) is 0 Å². The van der Waals surface area contributed by atoms with Crippen molar-refractivity contribution in [3.63, 3.8) is 0 Å². The fourth-order valence-corrected chi connectivity index (χ4v) is 2.07. The van der Waals surface area contributed by atoms with E-state index in [2.05, 4.69) is 10.6 Å². The van der Waals surface area contributed by atoms with Gasteiger partial charge in [-0.2, -0.15) is 0 Å². The van der Waals surface area contributed by atoms with Crippen molar-refractivity contribution in [3.05, 3.63) is 48.5 Å². The van der Waals surface area contributed by atoms with E-state index in [-0.39, 0.29) is 25.0 Å². The van der Waals surface area contributed by atoms with Gasteiger partial charge in [0.05, 0.1) is 11.4 Å². The molecule has 0 atom stereocenters. The predicted octanol–water partition coefficient (Wildman–Crippen LogP) is 2.65. The van der Waals surface area contributed by atoms with Gasteiger partial charge in [-0.15, -0.1) is 0 Å². The van der Waals surface area contributed by atoms with Crippen molar-refractivity contribution in [1.82, 2.24) is 0 Å². The Labute approximate surface area is 145 Å². The monoisotopic (exact) mass is 344 g/mol. The Hall–Kier alpha value is -2.90. The minimum absolute atomic E-state index is 0.0575. The van der Waals surface area contributed by atoms with E-state index in [4.69, 9.17) is 14.2 Å². The van der Waals surface area contributed by atoms with E-state index in [1.807, 2.05) is 0 Å². The van der Waals surface area contributed by atoms with Crippen LogP contribution in [0.1, 0.15) is 0 Å². The maximum absolute atomic E-state index is 11.7. The Balaban J connectivity index is 2.20. The molecule has 0 aromatic heterocycles. The van der Waals surface area contributed by atoms with Gasteiger partial charge in [0, 0.05) is 14.2 Å². The molecule has 0 spiro atoms. The molecule has 0 aliphatic rings. The number of para-hydroxylation sites is 4. The van der Waals surface area contributed by atoms with Crippen molar-refractivity contribution in [2.24, 2.45) is 0 Å². The fourth-order valence-electron chi connectivity index (χ4n) is 2.07. The van der Waals surface area contributed by atoms with Gasteiger partial charge >= 0.3 is 0 Å². The molecule has 0 unspecified atom stereocenters. The molecule has 2 N–H and O–H groups in total. The Bertz CT molecular complexity index is 671. The van der Waals surface area contributed by atoms with Gasteiger partial charge in [0.2, 0.25) is 11.8 Å². The first-order chi connectivity index (χ1) is 12.1. The highest BCUT2D eigenvalue weighted by Gasteiger charge is 2.12. The van der Waals surface area contributed by atoms with Gasteiger partial charge in [-0.05, 0) is 24.3 Å². The number of nitrogens with one attached hydrogen (secondary N) is 2. The summed E-state index contributed by atoms with van der Waals surface area (Å²) >= 11 is 0. The zero-order valence-corrected chi connectivity index (χ0v) is 14.1. The molecule has 2 aromatic rings. The Morgan fingerprint density at radius 2 is 1.16 bits per heavy atom. The lowest BCUT2D eigenvalue weighted by atomic mass is 10.2. The number of benzene rings is 2. The van der Waals surface area contributed by atoms with Crippen molar-refractivity contribution in [3.8, 4) is 11.5 Å². The molecule has 7 heteroatoms. The van der Waals surface area contributed by atoms with Gasteiger partial charge in [0.15, 0.2) is 11.5 Å². The molecule has 2 rings (SSSR count). The van der Waals surface area contributed by atoms with Gasteiger partial charge in [-0.25, -0.2) is 0 Å². The third kappa shape index (κ3) is 5.59. The molecule has 0 bridgehead atoms. The Kier molecular flexibility index (Phi) is 6.94. The molecule has 2 amide bonds. The second kappa shape index (κ2) is 9.41. The fraction of sp³-hybridized carbons (Fsp3) is 0.222. The molecule has 0 heterocycles. The number of carbonyl (C=O) groups is 2. The van der Waals surface area contributed by atoms with Crippen LogP contribution in [0.2, 0.25) is 0 Å². The number of carbonyl (C=O) groups excluding carboxylic acids is 2. The molecule has 25 heavy (non-hydrogen) atoms. The number of methoxy groups -OCH3 is 2. The van der Waals surface area contributed by atoms with Crippen LogP contribution < -0.4 is 15.4 Å². The van der Waals surface area contributed by atoms with Crippen LogP contribution in [0.15, 0.2) is 48.5 Å². The van der Waals surface area contributed by atoms with E-state index in [1.54, 1.807) is 48.5 Å². The zero-order chi connectivity index (χ0) is 18.1. The highest BCUT2D eigenvalue weighted by Crippen LogP contribution is 2.33. The average Bonchev–Trinajstić information content (AvgIpc) is 2.59. The first kappa shape index (κ1) is 18.4. The Morgan fingerprint density at radius 3 is 1.56 bits per heavy atom. The van der Waals surface area contributed by atoms with Crippen molar-refractivity contribution in [2.45, 2.75) is 0 Å². The summed E-state index contributed by atoms with van der Waals surface area (Å²) in [5, 5.41) is 5.43. The summed E-state index contributed by atoms with van der Waals surface area (Å²) in [6, 6.07) is 14.0. The van der Waals surface area contributed by atoms with Gasteiger partial charge in [-0.1, -0.05) is 24.3 Å². The topological polar surface area (TPSA) is 85.9 Å². The maximum atomic E-state index is 11.7. The second-order valence-electron chi connectivity index (χ2n) is 5.06. The SMILES string of the molecule is COCC(=O)Nc1ccccc1Oc1ccccc1NC(=O)COC. The van der Waals surface area contributed by atoms with Crippen LogP contribution in [0.5, 0.6) is 11.5 Å². The lowest BCUT2D eigenvalue weighted by Gasteiger charge is -2.15. The highest BCUT2D eigenvalue weighted by atomic mass is 16.5. The molecule has 0 saturated heterocycles. The molecule has 0 fully saturated rings. The number of hydrogen-bond acceptors (Lipinski definition) is 5. The highest BCUT2D eigenvalue weighted by molar-refractivity contribution is 5.94. The summed E-state index contributed by atoms with van der Waals surface area (Å²) < 4.78 is 15.5. The maximum Gasteiger partial charge on any atom is 0.250 e. The van der Waals surface area contributed by atoms with Crippen molar-refractivity contribution < 1.29 is 23.8 Å². The van der Waals surface area contributed by atoms with Crippen LogP contribution in [0, 0.1) is 0 Å². The number of amides is 2. The molecular weight excluding hydrogens is 324 g/mol. The van der Waals surface area contributed by atoms with Crippen LogP contribution in [-0.4, -0.2) is 39.2 Å². The molecule has 132 valence electrons. The average molecular weight is 344 g/mol. The predicted molar refractivity (Wildman–Crippen MR) is 94.0 cm³/mol. The van der Waals surface area contributed by atoms with Crippen molar-refractivity contribution >= 4 is 23.2 Å². The van der Waals surface area contributed by atoms with E-state index < -0.39 is 0 Å². The van der Waals surface area contributed by atoms with E-state index in [9.17, 15) is 9.59 Å². The molecule has 2 aromatic carbocycles. The summed E-state index contributed by atoms with van der Waals surface area (Å²) in [6.45, 7) is -0.115. The van der Waals surface area contributed by atoms with Gasteiger partial charge < -0.3 is 24.8 Å². The van der Waals surface area contributed by atoms with E-state index in [0.29, 0.717) is 22.9 Å². The van der Waals surface area contributed by atoms with Crippen LogP contribution in [0.4, 0.5) is 11.4 Å². The summed E-state index contributed by atoms with van der Waals surface area (Å²) in [5.74, 6) is 0.307. The number of anilines is 2. The standard InChI is InChI=1S/C18H20N2O5/c1-23-11-17(21)19-13-7-3-5-9-15(13)25-16-10-6-4-8-14(16)20-18(22)12-24-2/h3-10H,11-12H2,1-2H3,(H,19,21)(H,20,22). The summed E-state index contributed by atoms with van der Waals surface area (Å²) in [5.41, 5.74) is 1.00. The van der Waals surface area contributed by atoms with Crippen molar-refractivity contribution in [1.29, 1.82) is 0 Å². The van der Waals surface area contributed by atoms with Gasteiger partial charge in [0.25, 0.3) is 0 Å². The molecule has 0 aliphatic carbocycles. The second-order valence-corrected chi connectivity index (χ2v) is 5.06. The lowest BCUT2D eigenvalue weighted by Crippen LogP contribution is -2.18. The molecule has 0 saturated carbocycles. The Morgan fingerprint density at radius 1 is 0.760 bits per heavy atom. The van der Waals surface area contributed by atoms with E-state index in [0.717, 1.165) is 0 Å². The lowest BCUT2D eigenvalue weighted by molar-refractivity contribution is -0.120. The number of rotatable bonds is 8. The molecule has 0 aliphatic heterocycles. The van der Waals surface area contributed by atoms with E-state index >= 15 is 0 Å². The largest absolute Gasteiger partial charge is 0.453 e. The smallest absolute Gasteiger partial charge is 0.250 e. The van der Waals surface area contributed by atoms with Crippen LogP contribution >= 0.6 is 0 Å². The third-order valence-corrected chi connectivity index (χ3v) is 3.09. The van der Waals surface area contributed by atoms with Crippen molar-refractivity contribution in [2.75, 3.05) is 38.1 Å². The first-order valence-corrected chi connectivity index (χ1v) is 7.57. The van der Waals surface area contributed by atoms with Gasteiger partial charge in [0.1, 0.15) is 13.2 Å². The zero-order valence-electron chi connectivity index (χ0n) is 14.1. The van der Waals surface area contributed by atoms with E-state index in [1.165, 1.54) is 14.2 Å². The van der Waals surface area contributed by atoms with Crippen LogP contribution in [-0.2, 0) is 19.1 Å². The quantitative estimate of drug-likeness (QED) is 0.769. The normalized spacial score (nSPS) is 10.2. The minimum Gasteiger partial charge on any atom is -0.453 e.